The second-order valence-electron chi connectivity index (χ2n) is 4.33. The molecule has 1 aromatic rings. The van der Waals surface area contributed by atoms with E-state index in [-0.39, 0.29) is 18.0 Å². The van der Waals surface area contributed by atoms with Crippen LogP contribution >= 0.6 is 0 Å². The fourth-order valence-electron chi connectivity index (χ4n) is 2.57. The molecule has 16 heavy (non-hydrogen) atoms. The Hall–Kier alpha value is -1.46. The Labute approximate surface area is 93.6 Å². The summed E-state index contributed by atoms with van der Waals surface area (Å²) in [4.78, 5) is 15.7. The number of carbonyl (C=O) groups excluding carboxylic acids is 1. The van der Waals surface area contributed by atoms with Gasteiger partial charge >= 0.3 is 0 Å². The van der Waals surface area contributed by atoms with Gasteiger partial charge in [-0.15, -0.1) is 0 Å². The van der Waals surface area contributed by atoms with Gasteiger partial charge in [-0.3, -0.25) is 15.2 Å². The molecule has 3 N–H and O–H groups in total. The van der Waals surface area contributed by atoms with Crippen molar-refractivity contribution in [2.45, 2.75) is 18.5 Å². The smallest absolute Gasteiger partial charge is 0.221 e. The highest BCUT2D eigenvalue weighted by Gasteiger charge is 2.40. The molecule has 0 bridgehead atoms. The lowest BCUT2D eigenvalue weighted by Crippen LogP contribution is -2.52. The lowest BCUT2D eigenvalue weighted by atomic mass is 9.80. The standard InChI is InChI=1S/C11H14N4O/c16-10-4-8(7-2-1-3-12-5-7)9-6-13-15-11(9)14-10/h1-3,5,8-9,11,13,15H,4,6H2,(H,14,16). The molecule has 2 fully saturated rings. The number of hydrogen-bond donors (Lipinski definition) is 3. The van der Waals surface area contributed by atoms with Gasteiger partial charge in [0, 0.05) is 37.2 Å². The molecule has 3 heterocycles. The van der Waals surface area contributed by atoms with Crippen LogP contribution in [-0.4, -0.2) is 23.6 Å². The number of rotatable bonds is 1. The predicted molar refractivity (Wildman–Crippen MR) is 58.2 cm³/mol. The molecule has 2 aliphatic rings. The molecule has 0 saturated carbocycles. The number of hydrazine groups is 1. The third-order valence-corrected chi connectivity index (χ3v) is 3.37. The summed E-state index contributed by atoms with van der Waals surface area (Å²) in [6.07, 6.45) is 4.22. The van der Waals surface area contributed by atoms with Crippen LogP contribution in [0.4, 0.5) is 0 Å². The van der Waals surface area contributed by atoms with Crippen molar-refractivity contribution >= 4 is 5.91 Å². The second-order valence-corrected chi connectivity index (χ2v) is 4.33. The molecule has 84 valence electrons. The van der Waals surface area contributed by atoms with Crippen molar-refractivity contribution in [3.05, 3.63) is 30.1 Å². The van der Waals surface area contributed by atoms with Gasteiger partial charge in [-0.05, 0) is 11.6 Å². The van der Waals surface area contributed by atoms with Crippen LogP contribution in [0.15, 0.2) is 24.5 Å². The number of piperidine rings is 1. The van der Waals surface area contributed by atoms with Crippen LogP contribution < -0.4 is 16.2 Å². The van der Waals surface area contributed by atoms with Gasteiger partial charge in [0.15, 0.2) is 0 Å². The summed E-state index contributed by atoms with van der Waals surface area (Å²) in [5, 5.41) is 2.95. The number of hydrogen-bond acceptors (Lipinski definition) is 4. The zero-order valence-corrected chi connectivity index (χ0v) is 8.81. The second kappa shape index (κ2) is 3.84. The fourth-order valence-corrected chi connectivity index (χ4v) is 2.57. The van der Waals surface area contributed by atoms with Crippen LogP contribution in [0, 0.1) is 5.92 Å². The summed E-state index contributed by atoms with van der Waals surface area (Å²) >= 11 is 0. The van der Waals surface area contributed by atoms with Crippen LogP contribution in [0.3, 0.4) is 0 Å². The van der Waals surface area contributed by atoms with Crippen molar-refractivity contribution in [3.63, 3.8) is 0 Å². The van der Waals surface area contributed by atoms with Crippen molar-refractivity contribution in [1.29, 1.82) is 0 Å². The summed E-state index contributed by atoms with van der Waals surface area (Å²) < 4.78 is 0. The van der Waals surface area contributed by atoms with Gasteiger partial charge in [0.2, 0.25) is 5.91 Å². The maximum atomic E-state index is 11.6. The molecule has 3 unspecified atom stereocenters. The zero-order valence-electron chi connectivity index (χ0n) is 8.81. The summed E-state index contributed by atoms with van der Waals surface area (Å²) in [5.74, 6) is 0.767. The van der Waals surface area contributed by atoms with E-state index in [2.05, 4.69) is 21.2 Å². The molecular formula is C11H14N4O. The molecular weight excluding hydrogens is 204 g/mol. The van der Waals surface area contributed by atoms with Crippen molar-refractivity contribution in [3.8, 4) is 0 Å². The highest BCUT2D eigenvalue weighted by atomic mass is 16.2. The number of nitrogens with one attached hydrogen (secondary N) is 3. The summed E-state index contributed by atoms with van der Waals surface area (Å²) in [7, 11) is 0. The molecule has 3 atom stereocenters. The van der Waals surface area contributed by atoms with Crippen LogP contribution in [0.5, 0.6) is 0 Å². The first-order chi connectivity index (χ1) is 7.84. The Bertz CT molecular complexity index is 394. The average molecular weight is 218 g/mol. The molecule has 5 heteroatoms. The lowest BCUT2D eigenvalue weighted by Gasteiger charge is -2.32. The van der Waals surface area contributed by atoms with Crippen LogP contribution in [0.2, 0.25) is 0 Å². The molecule has 1 amide bonds. The van der Waals surface area contributed by atoms with Crippen molar-refractivity contribution < 1.29 is 4.79 Å². The number of fused-ring (bicyclic) bond motifs is 1. The monoisotopic (exact) mass is 218 g/mol. The van der Waals surface area contributed by atoms with Gasteiger partial charge in [-0.2, -0.15) is 0 Å². The Kier molecular flexibility index (Phi) is 2.34. The molecule has 0 spiro atoms. The van der Waals surface area contributed by atoms with E-state index < -0.39 is 0 Å². The normalized spacial score (nSPS) is 33.2. The molecule has 0 aromatic carbocycles. The maximum Gasteiger partial charge on any atom is 0.221 e. The Morgan fingerprint density at radius 2 is 2.38 bits per heavy atom. The number of aromatic nitrogens is 1. The van der Waals surface area contributed by atoms with E-state index in [1.807, 2.05) is 18.3 Å². The molecule has 3 rings (SSSR count). The van der Waals surface area contributed by atoms with Crippen molar-refractivity contribution in [2.24, 2.45) is 5.92 Å². The first-order valence-electron chi connectivity index (χ1n) is 5.52. The SMILES string of the molecule is O=C1CC(c2cccnc2)C2CNNC2N1. The predicted octanol–water partition coefficient (Wildman–Crippen LogP) is -0.265. The molecule has 1 aromatic heterocycles. The van der Waals surface area contributed by atoms with E-state index in [4.69, 9.17) is 0 Å². The van der Waals surface area contributed by atoms with Crippen LogP contribution in [-0.2, 0) is 4.79 Å². The van der Waals surface area contributed by atoms with Crippen LogP contribution in [0.25, 0.3) is 0 Å². The molecule has 5 nitrogen and oxygen atoms in total. The van der Waals surface area contributed by atoms with E-state index in [0.29, 0.717) is 12.3 Å². The minimum Gasteiger partial charge on any atom is -0.339 e. The fraction of sp³-hybridized carbons (Fsp3) is 0.455. The van der Waals surface area contributed by atoms with Gasteiger partial charge < -0.3 is 5.32 Å². The minimum atomic E-state index is 0.0476. The number of nitrogens with zero attached hydrogens (tertiary/aromatic N) is 1. The first kappa shape index (κ1) is 9.74. The lowest BCUT2D eigenvalue weighted by molar-refractivity contribution is -0.124. The van der Waals surface area contributed by atoms with Crippen molar-refractivity contribution in [1.82, 2.24) is 21.2 Å². The van der Waals surface area contributed by atoms with Gasteiger partial charge in [0.05, 0.1) is 6.17 Å². The van der Waals surface area contributed by atoms with E-state index in [1.165, 1.54) is 0 Å². The van der Waals surface area contributed by atoms with Crippen molar-refractivity contribution in [2.75, 3.05) is 6.54 Å². The third-order valence-electron chi connectivity index (χ3n) is 3.37. The minimum absolute atomic E-state index is 0.0476. The van der Waals surface area contributed by atoms with E-state index in [1.54, 1.807) is 6.20 Å². The quantitative estimate of drug-likeness (QED) is 0.607. The van der Waals surface area contributed by atoms with Gasteiger partial charge in [-0.1, -0.05) is 6.07 Å². The summed E-state index contributed by atoms with van der Waals surface area (Å²) in [6.45, 7) is 0.879. The van der Waals surface area contributed by atoms with E-state index >= 15 is 0 Å². The largest absolute Gasteiger partial charge is 0.339 e. The maximum absolute atomic E-state index is 11.6. The molecule has 2 saturated heterocycles. The topological polar surface area (TPSA) is 66.0 Å². The number of pyridine rings is 1. The summed E-state index contributed by atoms with van der Waals surface area (Å²) in [5.41, 5.74) is 7.34. The molecule has 0 radical (unpaired) electrons. The van der Waals surface area contributed by atoms with E-state index in [0.717, 1.165) is 12.1 Å². The van der Waals surface area contributed by atoms with Gasteiger partial charge in [0.1, 0.15) is 0 Å². The Morgan fingerprint density at radius 1 is 1.44 bits per heavy atom. The molecule has 0 aliphatic carbocycles. The highest BCUT2D eigenvalue weighted by molar-refractivity contribution is 5.78. The average Bonchev–Trinajstić information content (AvgIpc) is 2.77. The number of amides is 1. The van der Waals surface area contributed by atoms with E-state index in [9.17, 15) is 4.79 Å². The number of carbonyl (C=O) groups is 1. The van der Waals surface area contributed by atoms with Gasteiger partial charge in [0.25, 0.3) is 0 Å². The van der Waals surface area contributed by atoms with Gasteiger partial charge in [-0.25, -0.2) is 5.43 Å². The Morgan fingerprint density at radius 3 is 3.19 bits per heavy atom. The third kappa shape index (κ3) is 1.58. The zero-order chi connectivity index (χ0) is 11.0. The van der Waals surface area contributed by atoms with Crippen LogP contribution in [0.1, 0.15) is 17.9 Å². The highest BCUT2D eigenvalue weighted by Crippen LogP contribution is 2.33. The summed E-state index contributed by atoms with van der Waals surface area (Å²) in [6, 6.07) is 3.97. The molecule has 2 aliphatic heterocycles. The first-order valence-corrected chi connectivity index (χ1v) is 5.52. The Balaban J connectivity index is 1.90.